The first-order valence-electron chi connectivity index (χ1n) is 10.3. The van der Waals surface area contributed by atoms with Crippen molar-refractivity contribution in [1.29, 1.82) is 0 Å². The van der Waals surface area contributed by atoms with E-state index in [0.29, 0.717) is 54.2 Å². The molecule has 2 N–H and O–H groups in total. The van der Waals surface area contributed by atoms with Gasteiger partial charge in [-0.15, -0.1) is 0 Å². The van der Waals surface area contributed by atoms with E-state index in [-0.39, 0.29) is 6.04 Å². The van der Waals surface area contributed by atoms with Gasteiger partial charge in [-0.3, -0.25) is 4.99 Å². The summed E-state index contributed by atoms with van der Waals surface area (Å²) in [4.78, 5) is 10.7. The molecule has 168 valence electrons. The number of piperidine rings is 1. The van der Waals surface area contributed by atoms with Crippen molar-refractivity contribution in [3.8, 4) is 0 Å². The molecule has 1 saturated heterocycles. The molecule has 3 heterocycles. The van der Waals surface area contributed by atoms with Crippen LogP contribution in [0.25, 0.3) is 10.9 Å². The standard InChI is InChI=1S/C21H26F4N6/c1-26-9-13-10-27-20(28-13)19-8-14-16(29-17-6-7-30(2)11-15(17)22)4-3-5-18(14)31(19)12-21(23,24)25/h3-5,8,15,17,26,29H,6-7,9-12H2,1-2H3. The van der Waals surface area contributed by atoms with Gasteiger partial charge in [0.15, 0.2) is 5.84 Å². The van der Waals surface area contributed by atoms with Crippen molar-refractivity contribution in [1.82, 2.24) is 14.8 Å². The SMILES string of the molecule is CNCC1=NC(c2cc3c(NC4CCN(C)CC4F)cccc3n2CC(F)(F)F)=NC1. The average molecular weight is 438 g/mol. The fraction of sp³-hybridized carbons (Fsp3) is 0.524. The van der Waals surface area contributed by atoms with Crippen molar-refractivity contribution in [2.45, 2.75) is 31.4 Å². The average Bonchev–Trinajstić information content (AvgIpc) is 3.29. The van der Waals surface area contributed by atoms with Crippen LogP contribution in [0.2, 0.25) is 0 Å². The first kappa shape index (κ1) is 21.8. The molecule has 0 amide bonds. The lowest BCUT2D eigenvalue weighted by Gasteiger charge is -2.33. The molecule has 1 aromatic heterocycles. The van der Waals surface area contributed by atoms with Crippen LogP contribution in [0.5, 0.6) is 0 Å². The molecule has 2 aromatic rings. The van der Waals surface area contributed by atoms with Gasteiger partial charge in [0.05, 0.1) is 29.5 Å². The van der Waals surface area contributed by atoms with Crippen molar-refractivity contribution in [3.63, 3.8) is 0 Å². The Kier molecular flexibility index (Phi) is 6.02. The number of benzene rings is 1. The Morgan fingerprint density at radius 3 is 2.77 bits per heavy atom. The minimum absolute atomic E-state index is 0.291. The molecule has 31 heavy (non-hydrogen) atoms. The van der Waals surface area contributed by atoms with E-state index >= 15 is 0 Å². The maximum Gasteiger partial charge on any atom is 0.406 e. The number of alkyl halides is 4. The lowest BCUT2D eigenvalue weighted by molar-refractivity contribution is -0.139. The Labute approximate surface area is 178 Å². The van der Waals surface area contributed by atoms with Crippen LogP contribution in [0.4, 0.5) is 23.2 Å². The van der Waals surface area contributed by atoms with Gasteiger partial charge in [0, 0.05) is 30.7 Å². The topological polar surface area (TPSA) is 57.0 Å². The minimum atomic E-state index is -4.40. The molecule has 2 aliphatic heterocycles. The third-order valence-electron chi connectivity index (χ3n) is 5.65. The highest BCUT2D eigenvalue weighted by molar-refractivity contribution is 6.13. The number of aliphatic imine (C=N–C) groups is 2. The molecule has 6 nitrogen and oxygen atoms in total. The lowest BCUT2D eigenvalue weighted by atomic mass is 10.0. The summed E-state index contributed by atoms with van der Waals surface area (Å²) in [6.07, 6.45) is -4.84. The van der Waals surface area contributed by atoms with Crippen LogP contribution in [0, 0.1) is 0 Å². The third-order valence-corrected chi connectivity index (χ3v) is 5.65. The molecule has 1 fully saturated rings. The number of likely N-dealkylation sites (tertiary alicyclic amines) is 1. The normalized spacial score (nSPS) is 22.6. The van der Waals surface area contributed by atoms with Crippen molar-refractivity contribution in [3.05, 3.63) is 30.0 Å². The van der Waals surface area contributed by atoms with E-state index in [4.69, 9.17) is 0 Å². The second-order valence-corrected chi connectivity index (χ2v) is 8.14. The van der Waals surface area contributed by atoms with Crippen LogP contribution in [-0.4, -0.2) is 79.7 Å². The lowest BCUT2D eigenvalue weighted by Crippen LogP contribution is -2.46. The van der Waals surface area contributed by atoms with Crippen molar-refractivity contribution < 1.29 is 17.6 Å². The number of hydrogen-bond donors (Lipinski definition) is 2. The van der Waals surface area contributed by atoms with Crippen LogP contribution in [0.15, 0.2) is 34.3 Å². The molecular weight excluding hydrogens is 412 g/mol. The van der Waals surface area contributed by atoms with Gasteiger partial charge in [-0.25, -0.2) is 9.38 Å². The highest BCUT2D eigenvalue weighted by Crippen LogP contribution is 2.32. The zero-order valence-electron chi connectivity index (χ0n) is 17.5. The summed E-state index contributed by atoms with van der Waals surface area (Å²) in [6, 6.07) is 6.40. The molecule has 2 atom stereocenters. The first-order chi connectivity index (χ1) is 14.7. The fourth-order valence-electron chi connectivity index (χ4n) is 4.19. The van der Waals surface area contributed by atoms with Gasteiger partial charge in [-0.1, -0.05) is 6.07 Å². The number of aromatic nitrogens is 1. The number of halogens is 4. The first-order valence-corrected chi connectivity index (χ1v) is 10.3. The van der Waals surface area contributed by atoms with E-state index in [2.05, 4.69) is 20.6 Å². The second kappa shape index (κ2) is 8.58. The van der Waals surface area contributed by atoms with E-state index < -0.39 is 18.9 Å². The van der Waals surface area contributed by atoms with Gasteiger partial charge in [0.1, 0.15) is 12.7 Å². The van der Waals surface area contributed by atoms with Gasteiger partial charge in [-0.05, 0) is 38.7 Å². The summed E-state index contributed by atoms with van der Waals surface area (Å²) in [5.74, 6) is 0.291. The van der Waals surface area contributed by atoms with Gasteiger partial charge in [0.2, 0.25) is 0 Å². The minimum Gasteiger partial charge on any atom is -0.379 e. The Bertz CT molecular complexity index is 1010. The molecule has 0 spiro atoms. The molecular formula is C21H26F4N6. The highest BCUT2D eigenvalue weighted by atomic mass is 19.4. The van der Waals surface area contributed by atoms with Crippen LogP contribution in [-0.2, 0) is 6.54 Å². The quantitative estimate of drug-likeness (QED) is 0.682. The van der Waals surface area contributed by atoms with E-state index in [9.17, 15) is 17.6 Å². The van der Waals surface area contributed by atoms with Crippen molar-refractivity contribution in [2.75, 3.05) is 45.6 Å². The smallest absolute Gasteiger partial charge is 0.379 e. The highest BCUT2D eigenvalue weighted by Gasteiger charge is 2.32. The Morgan fingerprint density at radius 2 is 2.06 bits per heavy atom. The maximum atomic E-state index is 14.6. The molecule has 10 heteroatoms. The zero-order chi connectivity index (χ0) is 22.2. The number of nitrogens with zero attached hydrogens (tertiary/aromatic N) is 4. The molecule has 1 aromatic carbocycles. The van der Waals surface area contributed by atoms with E-state index in [1.165, 1.54) is 4.57 Å². The van der Waals surface area contributed by atoms with E-state index in [1.54, 1.807) is 31.3 Å². The van der Waals surface area contributed by atoms with Gasteiger partial charge >= 0.3 is 6.18 Å². The number of rotatable bonds is 6. The fourth-order valence-corrected chi connectivity index (χ4v) is 4.19. The van der Waals surface area contributed by atoms with Crippen molar-refractivity contribution >= 4 is 28.1 Å². The number of hydrogen-bond acceptors (Lipinski definition) is 5. The van der Waals surface area contributed by atoms with Crippen LogP contribution >= 0.6 is 0 Å². The third kappa shape index (κ3) is 4.74. The summed E-state index contributed by atoms with van der Waals surface area (Å²) in [6.45, 7) is 0.814. The largest absolute Gasteiger partial charge is 0.406 e. The monoisotopic (exact) mass is 438 g/mol. The molecule has 2 aliphatic rings. The molecule has 0 saturated carbocycles. The summed E-state index contributed by atoms with van der Waals surface area (Å²) < 4.78 is 55.9. The molecule has 0 bridgehead atoms. The molecule has 2 unspecified atom stereocenters. The Hall–Kier alpha value is -2.46. The second-order valence-electron chi connectivity index (χ2n) is 8.14. The number of fused-ring (bicyclic) bond motifs is 1. The summed E-state index contributed by atoms with van der Waals surface area (Å²) in [5.41, 5.74) is 2.12. The summed E-state index contributed by atoms with van der Waals surface area (Å²) in [7, 11) is 3.65. The zero-order valence-corrected chi connectivity index (χ0v) is 17.5. The van der Waals surface area contributed by atoms with Crippen LogP contribution in [0.1, 0.15) is 12.1 Å². The predicted molar refractivity (Wildman–Crippen MR) is 115 cm³/mol. The van der Waals surface area contributed by atoms with Gasteiger partial charge in [-0.2, -0.15) is 13.2 Å². The number of anilines is 1. The van der Waals surface area contributed by atoms with Crippen molar-refractivity contribution in [2.24, 2.45) is 9.98 Å². The van der Waals surface area contributed by atoms with Crippen LogP contribution < -0.4 is 10.6 Å². The van der Waals surface area contributed by atoms with Crippen LogP contribution in [0.3, 0.4) is 0 Å². The summed E-state index contributed by atoms with van der Waals surface area (Å²) >= 11 is 0. The molecule has 0 radical (unpaired) electrons. The van der Waals surface area contributed by atoms with E-state index in [1.807, 2.05) is 11.9 Å². The number of amidine groups is 1. The van der Waals surface area contributed by atoms with Gasteiger partial charge < -0.3 is 20.1 Å². The number of nitrogens with one attached hydrogen (secondary N) is 2. The predicted octanol–water partition coefficient (Wildman–Crippen LogP) is 3.08. The van der Waals surface area contributed by atoms with Gasteiger partial charge in [0.25, 0.3) is 0 Å². The van der Waals surface area contributed by atoms with E-state index in [0.717, 1.165) is 12.3 Å². The Balaban J connectivity index is 1.74. The Morgan fingerprint density at radius 1 is 1.26 bits per heavy atom. The summed E-state index contributed by atoms with van der Waals surface area (Å²) in [5, 5.41) is 6.82. The molecule has 0 aliphatic carbocycles. The maximum absolute atomic E-state index is 14.6. The molecule has 4 rings (SSSR count).